The van der Waals surface area contributed by atoms with Crippen LogP contribution < -0.4 is 0 Å². The molecule has 14 heavy (non-hydrogen) atoms. The monoisotopic (exact) mass is 303 g/mol. The number of alkyl halides is 1. The Labute approximate surface area is 98.4 Å². The SMILES string of the molecule is I[C@H]1COCCN1Cc1ccccc1. The van der Waals surface area contributed by atoms with E-state index in [4.69, 9.17) is 4.74 Å². The van der Waals surface area contributed by atoms with Crippen molar-refractivity contribution >= 4 is 22.6 Å². The van der Waals surface area contributed by atoms with Crippen LogP contribution >= 0.6 is 22.6 Å². The lowest BCUT2D eigenvalue weighted by Crippen LogP contribution is -2.41. The molecule has 2 nitrogen and oxygen atoms in total. The molecule has 0 aliphatic carbocycles. The number of hydrogen-bond acceptors (Lipinski definition) is 2. The molecule has 1 saturated heterocycles. The van der Waals surface area contributed by atoms with Crippen LogP contribution in [0.25, 0.3) is 0 Å². The Hall–Kier alpha value is -0.130. The molecule has 1 aromatic carbocycles. The first-order valence-corrected chi connectivity index (χ1v) is 6.10. The first kappa shape index (κ1) is 10.4. The van der Waals surface area contributed by atoms with Gasteiger partial charge in [0.25, 0.3) is 0 Å². The molecule has 0 spiro atoms. The van der Waals surface area contributed by atoms with E-state index in [9.17, 15) is 0 Å². The van der Waals surface area contributed by atoms with Gasteiger partial charge in [-0.25, -0.2) is 0 Å². The fraction of sp³-hybridized carbons (Fsp3) is 0.455. The number of morpholine rings is 1. The normalized spacial score (nSPS) is 23.6. The second kappa shape index (κ2) is 5.09. The zero-order valence-corrected chi connectivity index (χ0v) is 10.2. The first-order valence-electron chi connectivity index (χ1n) is 4.86. The second-order valence-corrected chi connectivity index (χ2v) is 4.90. The van der Waals surface area contributed by atoms with Crippen LogP contribution in [0.2, 0.25) is 0 Å². The second-order valence-electron chi connectivity index (χ2n) is 3.47. The maximum atomic E-state index is 5.40. The maximum Gasteiger partial charge on any atom is 0.0859 e. The predicted octanol–water partition coefficient (Wildman–Crippen LogP) is 2.28. The Balaban J connectivity index is 1.96. The Bertz CT molecular complexity index is 278. The summed E-state index contributed by atoms with van der Waals surface area (Å²) in [5, 5.41) is 0. The number of hydrogen-bond donors (Lipinski definition) is 0. The Morgan fingerprint density at radius 2 is 2.14 bits per heavy atom. The van der Waals surface area contributed by atoms with E-state index in [1.54, 1.807) is 0 Å². The van der Waals surface area contributed by atoms with Crippen molar-refractivity contribution in [2.45, 2.75) is 10.6 Å². The molecule has 1 atom stereocenters. The molecule has 76 valence electrons. The van der Waals surface area contributed by atoms with Crippen molar-refractivity contribution in [2.24, 2.45) is 0 Å². The standard InChI is InChI=1S/C11H14INO/c12-11-9-14-7-6-13(11)8-10-4-2-1-3-5-10/h1-5,11H,6-9H2/t11-/m1/s1. The molecule has 1 heterocycles. The molecule has 0 aromatic heterocycles. The van der Waals surface area contributed by atoms with Gasteiger partial charge in [-0.3, -0.25) is 4.90 Å². The van der Waals surface area contributed by atoms with Crippen molar-refractivity contribution in [2.75, 3.05) is 19.8 Å². The van der Waals surface area contributed by atoms with Crippen LogP contribution in [0.4, 0.5) is 0 Å². The van der Waals surface area contributed by atoms with E-state index in [1.807, 2.05) is 0 Å². The van der Waals surface area contributed by atoms with Gasteiger partial charge in [0, 0.05) is 13.1 Å². The van der Waals surface area contributed by atoms with Crippen LogP contribution in [0.5, 0.6) is 0 Å². The number of nitrogens with zero attached hydrogens (tertiary/aromatic N) is 1. The summed E-state index contributed by atoms with van der Waals surface area (Å²) >= 11 is 2.45. The van der Waals surface area contributed by atoms with Crippen LogP contribution in [-0.2, 0) is 11.3 Å². The molecule has 0 amide bonds. The molecular weight excluding hydrogens is 289 g/mol. The van der Waals surface area contributed by atoms with Gasteiger partial charge >= 0.3 is 0 Å². The van der Waals surface area contributed by atoms with Gasteiger partial charge in [0.1, 0.15) is 0 Å². The van der Waals surface area contributed by atoms with Crippen LogP contribution in [-0.4, -0.2) is 28.7 Å². The molecular formula is C11H14INO. The van der Waals surface area contributed by atoms with E-state index in [0.29, 0.717) is 4.05 Å². The molecule has 1 aromatic rings. The summed E-state index contributed by atoms with van der Waals surface area (Å²) in [6.45, 7) is 3.81. The maximum absolute atomic E-state index is 5.40. The van der Waals surface area contributed by atoms with E-state index in [0.717, 1.165) is 26.3 Å². The molecule has 0 radical (unpaired) electrons. The summed E-state index contributed by atoms with van der Waals surface area (Å²) in [4.78, 5) is 2.46. The fourth-order valence-electron chi connectivity index (χ4n) is 1.60. The molecule has 3 heteroatoms. The van der Waals surface area contributed by atoms with Crippen molar-refractivity contribution in [1.82, 2.24) is 4.90 Å². The number of ether oxygens (including phenoxy) is 1. The minimum atomic E-state index is 0.515. The largest absolute Gasteiger partial charge is 0.378 e. The highest BCUT2D eigenvalue weighted by Crippen LogP contribution is 2.16. The van der Waals surface area contributed by atoms with E-state index in [-0.39, 0.29) is 0 Å². The van der Waals surface area contributed by atoms with Gasteiger partial charge in [0.15, 0.2) is 0 Å². The lowest BCUT2D eigenvalue weighted by Gasteiger charge is -2.31. The zero-order chi connectivity index (χ0) is 9.80. The molecule has 0 unspecified atom stereocenters. The smallest absolute Gasteiger partial charge is 0.0859 e. The van der Waals surface area contributed by atoms with Gasteiger partial charge < -0.3 is 4.74 Å². The third-order valence-electron chi connectivity index (χ3n) is 2.40. The number of benzene rings is 1. The van der Waals surface area contributed by atoms with Crippen molar-refractivity contribution in [3.8, 4) is 0 Å². The highest BCUT2D eigenvalue weighted by Gasteiger charge is 2.19. The molecule has 0 saturated carbocycles. The Morgan fingerprint density at radius 1 is 1.36 bits per heavy atom. The van der Waals surface area contributed by atoms with Crippen molar-refractivity contribution in [1.29, 1.82) is 0 Å². The van der Waals surface area contributed by atoms with Crippen LogP contribution in [0.3, 0.4) is 0 Å². The zero-order valence-electron chi connectivity index (χ0n) is 8.03. The van der Waals surface area contributed by atoms with Crippen LogP contribution in [0.15, 0.2) is 30.3 Å². The minimum Gasteiger partial charge on any atom is -0.378 e. The Kier molecular flexibility index (Phi) is 3.78. The summed E-state index contributed by atoms with van der Waals surface area (Å²) in [6.07, 6.45) is 0. The third-order valence-corrected chi connectivity index (χ3v) is 3.55. The van der Waals surface area contributed by atoms with Gasteiger partial charge in [-0.2, -0.15) is 0 Å². The average molecular weight is 303 g/mol. The Morgan fingerprint density at radius 3 is 2.86 bits per heavy atom. The summed E-state index contributed by atoms with van der Waals surface area (Å²) in [5.74, 6) is 0. The van der Waals surface area contributed by atoms with E-state index in [2.05, 4.69) is 57.8 Å². The van der Waals surface area contributed by atoms with E-state index < -0.39 is 0 Å². The van der Waals surface area contributed by atoms with Gasteiger partial charge in [-0.05, 0) is 5.56 Å². The minimum absolute atomic E-state index is 0.515. The summed E-state index contributed by atoms with van der Waals surface area (Å²) in [7, 11) is 0. The average Bonchev–Trinajstić information content (AvgIpc) is 2.23. The van der Waals surface area contributed by atoms with Crippen molar-refractivity contribution in [3.63, 3.8) is 0 Å². The third kappa shape index (κ3) is 2.68. The summed E-state index contributed by atoms with van der Waals surface area (Å²) < 4.78 is 5.92. The molecule has 1 aliphatic rings. The fourth-order valence-corrected chi connectivity index (χ4v) is 2.33. The molecule has 0 N–H and O–H groups in total. The van der Waals surface area contributed by atoms with E-state index >= 15 is 0 Å². The molecule has 1 aliphatic heterocycles. The van der Waals surface area contributed by atoms with E-state index in [1.165, 1.54) is 5.56 Å². The number of halogens is 1. The highest BCUT2D eigenvalue weighted by atomic mass is 127. The van der Waals surface area contributed by atoms with Crippen molar-refractivity contribution < 1.29 is 4.74 Å². The van der Waals surface area contributed by atoms with Crippen molar-refractivity contribution in [3.05, 3.63) is 35.9 Å². The quantitative estimate of drug-likeness (QED) is 0.472. The lowest BCUT2D eigenvalue weighted by molar-refractivity contribution is 0.0268. The first-order chi connectivity index (χ1) is 6.86. The highest BCUT2D eigenvalue weighted by molar-refractivity contribution is 14.1. The van der Waals surface area contributed by atoms with Crippen LogP contribution in [0, 0.1) is 0 Å². The van der Waals surface area contributed by atoms with Crippen LogP contribution in [0.1, 0.15) is 5.56 Å². The number of rotatable bonds is 2. The molecule has 2 rings (SSSR count). The lowest BCUT2D eigenvalue weighted by atomic mass is 10.2. The van der Waals surface area contributed by atoms with Gasteiger partial charge in [-0.15, -0.1) is 0 Å². The van der Waals surface area contributed by atoms with Gasteiger partial charge in [-0.1, -0.05) is 52.9 Å². The summed E-state index contributed by atoms with van der Waals surface area (Å²) in [6, 6.07) is 10.6. The predicted molar refractivity (Wildman–Crippen MR) is 65.5 cm³/mol. The van der Waals surface area contributed by atoms with Gasteiger partial charge in [0.2, 0.25) is 0 Å². The summed E-state index contributed by atoms with van der Waals surface area (Å²) in [5.41, 5.74) is 1.39. The topological polar surface area (TPSA) is 12.5 Å². The molecule has 1 fully saturated rings. The van der Waals surface area contributed by atoms with Gasteiger partial charge in [0.05, 0.1) is 17.3 Å². The molecule has 0 bridgehead atoms.